The molecular formula is C14H9ClF6N2. The van der Waals surface area contributed by atoms with Crippen LogP contribution in [0.1, 0.15) is 24.0 Å². The Morgan fingerprint density at radius 2 is 1.52 bits per heavy atom. The van der Waals surface area contributed by atoms with Crippen LogP contribution in [0.25, 0.3) is 0 Å². The molecule has 1 aromatic carbocycles. The first-order valence-corrected chi connectivity index (χ1v) is 6.55. The van der Waals surface area contributed by atoms with E-state index < -0.39 is 42.6 Å². The summed E-state index contributed by atoms with van der Waals surface area (Å²) in [6.45, 7) is 0. The van der Waals surface area contributed by atoms with E-state index in [0.29, 0.717) is 12.1 Å². The van der Waals surface area contributed by atoms with Gasteiger partial charge in [-0.25, -0.2) is 0 Å². The van der Waals surface area contributed by atoms with Crippen LogP contribution in [0.2, 0.25) is 5.02 Å². The highest BCUT2D eigenvalue weighted by Crippen LogP contribution is 2.37. The van der Waals surface area contributed by atoms with Crippen LogP contribution in [-0.2, 0) is 12.6 Å². The van der Waals surface area contributed by atoms with Crippen LogP contribution in [-0.4, -0.2) is 6.18 Å². The van der Waals surface area contributed by atoms with Crippen molar-refractivity contribution in [1.29, 1.82) is 10.5 Å². The molecule has 124 valence electrons. The third kappa shape index (κ3) is 5.33. The van der Waals surface area contributed by atoms with E-state index in [2.05, 4.69) is 0 Å². The molecule has 1 rings (SSSR count). The van der Waals surface area contributed by atoms with Crippen molar-refractivity contribution < 1.29 is 26.3 Å². The first kappa shape index (κ1) is 19.1. The largest absolute Gasteiger partial charge is 0.416 e. The van der Waals surface area contributed by atoms with Crippen molar-refractivity contribution in [3.63, 3.8) is 0 Å². The van der Waals surface area contributed by atoms with Gasteiger partial charge in [0.1, 0.15) is 5.41 Å². The second-order valence-corrected chi connectivity index (χ2v) is 5.31. The molecule has 0 heterocycles. The van der Waals surface area contributed by atoms with Gasteiger partial charge in [-0.2, -0.15) is 36.9 Å². The fraction of sp³-hybridized carbons (Fsp3) is 0.429. The van der Waals surface area contributed by atoms with Gasteiger partial charge in [0.05, 0.1) is 17.7 Å². The molecule has 0 fully saturated rings. The third-order valence-electron chi connectivity index (χ3n) is 3.14. The minimum atomic E-state index is -4.63. The van der Waals surface area contributed by atoms with E-state index in [1.807, 2.05) is 0 Å². The van der Waals surface area contributed by atoms with E-state index in [-0.39, 0.29) is 10.6 Å². The van der Waals surface area contributed by atoms with Crippen LogP contribution in [0.5, 0.6) is 0 Å². The third-order valence-corrected chi connectivity index (χ3v) is 3.49. The lowest BCUT2D eigenvalue weighted by Crippen LogP contribution is -2.23. The predicted molar refractivity (Wildman–Crippen MR) is 69.1 cm³/mol. The number of alkyl halides is 6. The maximum Gasteiger partial charge on any atom is 0.416 e. The molecule has 1 aromatic rings. The summed E-state index contributed by atoms with van der Waals surface area (Å²) in [4.78, 5) is 0. The van der Waals surface area contributed by atoms with Crippen LogP contribution in [0, 0.1) is 28.1 Å². The molecule has 0 unspecified atom stereocenters. The van der Waals surface area contributed by atoms with E-state index in [0.717, 1.165) is 6.07 Å². The molecule has 0 aliphatic rings. The minimum absolute atomic E-state index is 0.00458. The van der Waals surface area contributed by atoms with Gasteiger partial charge in [-0.3, -0.25) is 0 Å². The molecule has 0 N–H and O–H groups in total. The van der Waals surface area contributed by atoms with Crippen LogP contribution in [0.4, 0.5) is 26.3 Å². The minimum Gasteiger partial charge on any atom is -0.197 e. The molecule has 0 amide bonds. The van der Waals surface area contributed by atoms with Gasteiger partial charge >= 0.3 is 12.4 Å². The molecule has 0 aromatic heterocycles. The highest BCUT2D eigenvalue weighted by Gasteiger charge is 2.38. The molecule has 2 nitrogen and oxygen atoms in total. The Morgan fingerprint density at radius 3 is 1.91 bits per heavy atom. The Morgan fingerprint density at radius 1 is 0.957 bits per heavy atom. The lowest BCUT2D eigenvalue weighted by Gasteiger charge is -2.20. The van der Waals surface area contributed by atoms with Gasteiger partial charge < -0.3 is 0 Å². The van der Waals surface area contributed by atoms with Gasteiger partial charge in [-0.1, -0.05) is 17.7 Å². The number of nitriles is 2. The monoisotopic (exact) mass is 354 g/mol. The molecule has 9 heteroatoms. The highest BCUT2D eigenvalue weighted by atomic mass is 35.5. The SMILES string of the molecule is N#CC(C#N)(CCC(F)(F)F)Cc1ccc(C(F)(F)F)cc1Cl. The summed E-state index contributed by atoms with van der Waals surface area (Å²) < 4.78 is 74.5. The Hall–Kier alpha value is -1.93. The molecular weight excluding hydrogens is 346 g/mol. The van der Waals surface area contributed by atoms with Gasteiger partial charge in [-0.05, 0) is 24.1 Å². The van der Waals surface area contributed by atoms with Gasteiger partial charge in [0, 0.05) is 17.9 Å². The molecule has 0 atom stereocenters. The Kier molecular flexibility index (Phi) is 5.55. The maximum atomic E-state index is 12.5. The van der Waals surface area contributed by atoms with Gasteiger partial charge in [-0.15, -0.1) is 0 Å². The number of nitrogens with zero attached hydrogens (tertiary/aromatic N) is 2. The smallest absolute Gasteiger partial charge is 0.197 e. The average Bonchev–Trinajstić information content (AvgIpc) is 2.43. The Balaban J connectivity index is 3.07. The summed E-state index contributed by atoms with van der Waals surface area (Å²) in [6.07, 6.45) is -11.8. The van der Waals surface area contributed by atoms with Crippen molar-refractivity contribution >= 4 is 11.6 Å². The first-order chi connectivity index (χ1) is 10.4. The zero-order valence-corrected chi connectivity index (χ0v) is 12.1. The molecule has 0 aliphatic heterocycles. The van der Waals surface area contributed by atoms with Crippen LogP contribution in [0.3, 0.4) is 0 Å². The lowest BCUT2D eigenvalue weighted by molar-refractivity contribution is -0.138. The van der Waals surface area contributed by atoms with Crippen molar-refractivity contribution in [3.05, 3.63) is 34.3 Å². The molecule has 0 radical (unpaired) electrons. The summed E-state index contributed by atoms with van der Waals surface area (Å²) in [5.41, 5.74) is -3.04. The summed E-state index contributed by atoms with van der Waals surface area (Å²) in [5, 5.41) is 17.7. The summed E-state index contributed by atoms with van der Waals surface area (Å²) in [7, 11) is 0. The molecule has 0 spiro atoms. The number of hydrogen-bond acceptors (Lipinski definition) is 2. The molecule has 0 bridgehead atoms. The van der Waals surface area contributed by atoms with Crippen molar-refractivity contribution in [2.75, 3.05) is 0 Å². The summed E-state index contributed by atoms with van der Waals surface area (Å²) in [6, 6.07) is 5.30. The summed E-state index contributed by atoms with van der Waals surface area (Å²) in [5.74, 6) is 0. The van der Waals surface area contributed by atoms with Crippen molar-refractivity contribution in [3.8, 4) is 12.1 Å². The Bertz CT molecular complexity index is 637. The zero-order chi connectivity index (χ0) is 17.9. The van der Waals surface area contributed by atoms with Crippen molar-refractivity contribution in [1.82, 2.24) is 0 Å². The zero-order valence-electron chi connectivity index (χ0n) is 11.4. The Labute approximate surface area is 132 Å². The fourth-order valence-corrected chi connectivity index (χ4v) is 2.10. The standard InChI is InChI=1S/C14H9ClF6N2/c15-11-5-10(14(19,20)21)2-1-9(11)6-12(7-22,8-23)3-4-13(16,17)18/h1-2,5H,3-4,6H2. The first-order valence-electron chi connectivity index (χ1n) is 6.17. The van der Waals surface area contributed by atoms with E-state index in [1.165, 1.54) is 12.1 Å². The van der Waals surface area contributed by atoms with Gasteiger partial charge in [0.25, 0.3) is 0 Å². The number of hydrogen-bond donors (Lipinski definition) is 0. The highest BCUT2D eigenvalue weighted by molar-refractivity contribution is 6.31. The van der Waals surface area contributed by atoms with E-state index >= 15 is 0 Å². The van der Waals surface area contributed by atoms with Gasteiger partial charge in [0.15, 0.2) is 0 Å². The molecule has 0 aliphatic carbocycles. The molecule has 0 saturated heterocycles. The quantitative estimate of drug-likeness (QED) is 0.691. The number of halogens is 7. The molecule has 0 saturated carbocycles. The summed E-state index contributed by atoms with van der Waals surface area (Å²) >= 11 is 5.70. The number of benzene rings is 1. The molecule has 23 heavy (non-hydrogen) atoms. The predicted octanol–water partition coefficient (Wildman–Crippen LogP) is 5.28. The van der Waals surface area contributed by atoms with E-state index in [9.17, 15) is 26.3 Å². The van der Waals surface area contributed by atoms with E-state index in [1.54, 1.807) is 0 Å². The van der Waals surface area contributed by atoms with Crippen LogP contribution >= 0.6 is 11.6 Å². The van der Waals surface area contributed by atoms with Gasteiger partial charge in [0.2, 0.25) is 0 Å². The van der Waals surface area contributed by atoms with Crippen molar-refractivity contribution in [2.24, 2.45) is 5.41 Å². The van der Waals surface area contributed by atoms with Crippen molar-refractivity contribution in [2.45, 2.75) is 31.6 Å². The fourth-order valence-electron chi connectivity index (χ4n) is 1.85. The second kappa shape index (κ2) is 6.67. The van der Waals surface area contributed by atoms with Crippen LogP contribution < -0.4 is 0 Å². The normalized spacial score (nSPS) is 12.6. The topological polar surface area (TPSA) is 47.6 Å². The van der Waals surface area contributed by atoms with Crippen LogP contribution in [0.15, 0.2) is 18.2 Å². The van der Waals surface area contributed by atoms with E-state index in [4.69, 9.17) is 22.1 Å². The number of rotatable bonds is 4. The second-order valence-electron chi connectivity index (χ2n) is 4.90. The lowest BCUT2D eigenvalue weighted by atomic mass is 9.80. The maximum absolute atomic E-state index is 12.5. The average molecular weight is 355 g/mol.